The largest absolute Gasteiger partial charge is 0.396 e. The summed E-state index contributed by atoms with van der Waals surface area (Å²) in [5.41, 5.74) is 6.41. The SMILES string of the molecule is CCn1ncc(N)c1C(=O)NC(C)CS(C)=O. The number of hydrogen-bond acceptors (Lipinski definition) is 4. The van der Waals surface area contributed by atoms with Crippen molar-refractivity contribution in [2.45, 2.75) is 26.4 Å². The van der Waals surface area contributed by atoms with Crippen LogP contribution in [0, 0.1) is 0 Å². The zero-order valence-corrected chi connectivity index (χ0v) is 11.1. The number of carbonyl (C=O) groups excluding carboxylic acids is 1. The highest BCUT2D eigenvalue weighted by Crippen LogP contribution is 2.10. The monoisotopic (exact) mass is 258 g/mol. The lowest BCUT2D eigenvalue weighted by atomic mass is 10.3. The molecule has 1 aromatic rings. The minimum atomic E-state index is -0.940. The van der Waals surface area contributed by atoms with Crippen molar-refractivity contribution < 1.29 is 9.00 Å². The van der Waals surface area contributed by atoms with Crippen molar-refractivity contribution in [3.8, 4) is 0 Å². The van der Waals surface area contributed by atoms with Gasteiger partial charge in [-0.25, -0.2) is 0 Å². The zero-order chi connectivity index (χ0) is 13.0. The third-order valence-electron chi connectivity index (χ3n) is 2.24. The van der Waals surface area contributed by atoms with Crippen LogP contribution in [0.1, 0.15) is 24.3 Å². The van der Waals surface area contributed by atoms with Crippen LogP contribution in [-0.2, 0) is 17.3 Å². The Bertz CT molecular complexity index is 430. The van der Waals surface area contributed by atoms with Gasteiger partial charge in [0.1, 0.15) is 5.69 Å². The Balaban J connectivity index is 2.75. The van der Waals surface area contributed by atoms with Crippen LogP contribution in [0.2, 0.25) is 0 Å². The number of amides is 1. The molecule has 0 saturated carbocycles. The highest BCUT2D eigenvalue weighted by Gasteiger charge is 2.18. The van der Waals surface area contributed by atoms with E-state index >= 15 is 0 Å². The maximum absolute atomic E-state index is 11.9. The number of aryl methyl sites for hydroxylation is 1. The van der Waals surface area contributed by atoms with E-state index in [0.717, 1.165) is 0 Å². The van der Waals surface area contributed by atoms with Gasteiger partial charge in [0.2, 0.25) is 0 Å². The van der Waals surface area contributed by atoms with Crippen LogP contribution < -0.4 is 11.1 Å². The Kier molecular flexibility index (Phi) is 4.68. The minimum Gasteiger partial charge on any atom is -0.396 e. The smallest absolute Gasteiger partial charge is 0.271 e. The number of aromatic nitrogens is 2. The molecular formula is C10H18N4O2S. The van der Waals surface area contributed by atoms with Gasteiger partial charge >= 0.3 is 0 Å². The van der Waals surface area contributed by atoms with Gasteiger partial charge in [0.15, 0.2) is 0 Å². The lowest BCUT2D eigenvalue weighted by molar-refractivity contribution is 0.0934. The number of hydrogen-bond donors (Lipinski definition) is 2. The van der Waals surface area contributed by atoms with Gasteiger partial charge in [-0.1, -0.05) is 0 Å². The molecule has 17 heavy (non-hydrogen) atoms. The number of nitrogens with two attached hydrogens (primary N) is 1. The Labute approximate surface area is 103 Å². The normalized spacial score (nSPS) is 14.3. The molecule has 0 saturated heterocycles. The Morgan fingerprint density at radius 2 is 2.35 bits per heavy atom. The summed E-state index contributed by atoms with van der Waals surface area (Å²) in [5.74, 6) is 0.145. The summed E-state index contributed by atoms with van der Waals surface area (Å²) < 4.78 is 12.6. The number of carbonyl (C=O) groups is 1. The third kappa shape index (κ3) is 3.55. The van der Waals surface area contributed by atoms with E-state index in [4.69, 9.17) is 5.73 Å². The van der Waals surface area contributed by atoms with Crippen LogP contribution in [0.25, 0.3) is 0 Å². The summed E-state index contributed by atoms with van der Waals surface area (Å²) in [6, 6.07) is -0.159. The number of nitrogens with zero attached hydrogens (tertiary/aromatic N) is 2. The van der Waals surface area contributed by atoms with Crippen LogP contribution in [0.5, 0.6) is 0 Å². The first-order valence-electron chi connectivity index (χ1n) is 5.37. The second-order valence-electron chi connectivity index (χ2n) is 3.88. The van der Waals surface area contributed by atoms with Crippen molar-refractivity contribution in [2.24, 2.45) is 0 Å². The van der Waals surface area contributed by atoms with E-state index < -0.39 is 10.8 Å². The third-order valence-corrected chi connectivity index (χ3v) is 3.21. The average molecular weight is 258 g/mol. The number of nitrogen functional groups attached to an aromatic ring is 1. The van der Waals surface area contributed by atoms with Crippen molar-refractivity contribution in [3.05, 3.63) is 11.9 Å². The van der Waals surface area contributed by atoms with Crippen LogP contribution in [0.15, 0.2) is 6.20 Å². The molecule has 0 radical (unpaired) electrons. The molecule has 3 N–H and O–H groups in total. The van der Waals surface area contributed by atoms with Gasteiger partial charge in [-0.15, -0.1) is 0 Å². The predicted octanol–water partition coefficient (Wildman–Crippen LogP) is -0.0180. The predicted molar refractivity (Wildman–Crippen MR) is 68.2 cm³/mol. The first-order valence-corrected chi connectivity index (χ1v) is 7.10. The van der Waals surface area contributed by atoms with Crippen molar-refractivity contribution >= 4 is 22.4 Å². The van der Waals surface area contributed by atoms with E-state index in [0.29, 0.717) is 23.7 Å². The van der Waals surface area contributed by atoms with Crippen LogP contribution in [0.3, 0.4) is 0 Å². The first-order chi connectivity index (χ1) is 7.95. The molecule has 6 nitrogen and oxygen atoms in total. The number of anilines is 1. The minimum absolute atomic E-state index is 0.159. The van der Waals surface area contributed by atoms with Crippen molar-refractivity contribution in [1.82, 2.24) is 15.1 Å². The lowest BCUT2D eigenvalue weighted by Crippen LogP contribution is -2.37. The molecule has 0 aliphatic carbocycles. The van der Waals surface area contributed by atoms with Gasteiger partial charge in [0, 0.05) is 35.4 Å². The van der Waals surface area contributed by atoms with E-state index in [1.54, 1.807) is 10.9 Å². The quantitative estimate of drug-likeness (QED) is 0.776. The van der Waals surface area contributed by atoms with Gasteiger partial charge < -0.3 is 11.1 Å². The van der Waals surface area contributed by atoms with Crippen molar-refractivity contribution in [3.63, 3.8) is 0 Å². The lowest BCUT2D eigenvalue weighted by Gasteiger charge is -2.13. The van der Waals surface area contributed by atoms with Crippen molar-refractivity contribution in [1.29, 1.82) is 0 Å². The number of nitrogens with one attached hydrogen (secondary N) is 1. The van der Waals surface area contributed by atoms with Gasteiger partial charge in [-0.05, 0) is 13.8 Å². The van der Waals surface area contributed by atoms with Gasteiger partial charge in [0.05, 0.1) is 11.9 Å². The molecule has 96 valence electrons. The molecule has 2 unspecified atom stereocenters. The summed E-state index contributed by atoms with van der Waals surface area (Å²) in [6.45, 7) is 4.27. The van der Waals surface area contributed by atoms with Crippen LogP contribution in [0.4, 0.5) is 5.69 Å². The zero-order valence-electron chi connectivity index (χ0n) is 10.3. The van der Waals surface area contributed by atoms with E-state index in [-0.39, 0.29) is 11.9 Å². The second kappa shape index (κ2) is 5.81. The molecule has 0 aliphatic rings. The van der Waals surface area contributed by atoms with E-state index in [2.05, 4.69) is 10.4 Å². The molecule has 0 aliphatic heterocycles. The van der Waals surface area contributed by atoms with E-state index in [1.165, 1.54) is 6.20 Å². The standard InChI is InChI=1S/C10H18N4O2S/c1-4-14-9(8(11)5-12-14)10(15)13-7(2)6-17(3)16/h5,7H,4,6,11H2,1-3H3,(H,13,15). The van der Waals surface area contributed by atoms with Gasteiger partial charge in [-0.2, -0.15) is 5.10 Å². The van der Waals surface area contributed by atoms with Crippen LogP contribution in [-0.4, -0.2) is 37.9 Å². The molecule has 1 aromatic heterocycles. The summed E-state index contributed by atoms with van der Waals surface area (Å²) in [7, 11) is -0.940. The molecule has 0 aromatic carbocycles. The summed E-state index contributed by atoms with van der Waals surface area (Å²) in [6.07, 6.45) is 3.06. The fourth-order valence-electron chi connectivity index (χ4n) is 1.57. The molecule has 2 atom stereocenters. The fourth-order valence-corrected chi connectivity index (χ4v) is 2.36. The topological polar surface area (TPSA) is 90.0 Å². The molecule has 0 fully saturated rings. The number of rotatable bonds is 5. The summed E-state index contributed by atoms with van der Waals surface area (Å²) >= 11 is 0. The molecule has 1 heterocycles. The van der Waals surface area contributed by atoms with Gasteiger partial charge in [-0.3, -0.25) is 13.7 Å². The molecule has 0 bridgehead atoms. The highest BCUT2D eigenvalue weighted by atomic mass is 32.2. The second-order valence-corrected chi connectivity index (χ2v) is 5.36. The fraction of sp³-hybridized carbons (Fsp3) is 0.600. The average Bonchev–Trinajstić information content (AvgIpc) is 2.57. The Morgan fingerprint density at radius 1 is 1.71 bits per heavy atom. The van der Waals surface area contributed by atoms with E-state index in [1.807, 2.05) is 13.8 Å². The Morgan fingerprint density at radius 3 is 2.88 bits per heavy atom. The van der Waals surface area contributed by atoms with Crippen LogP contribution >= 0.6 is 0 Å². The van der Waals surface area contributed by atoms with Crippen molar-refractivity contribution in [2.75, 3.05) is 17.7 Å². The molecule has 0 spiro atoms. The maximum atomic E-state index is 11.9. The Hall–Kier alpha value is -1.37. The molecule has 1 rings (SSSR count). The first kappa shape index (κ1) is 13.7. The molecule has 1 amide bonds. The summed E-state index contributed by atoms with van der Waals surface area (Å²) in [5, 5.41) is 6.75. The van der Waals surface area contributed by atoms with Gasteiger partial charge in [0.25, 0.3) is 5.91 Å². The van der Waals surface area contributed by atoms with E-state index in [9.17, 15) is 9.00 Å². The molecule has 7 heteroatoms. The summed E-state index contributed by atoms with van der Waals surface area (Å²) in [4.78, 5) is 11.9. The molecular weight excluding hydrogens is 240 g/mol. The maximum Gasteiger partial charge on any atom is 0.271 e. The highest BCUT2D eigenvalue weighted by molar-refractivity contribution is 7.84.